The molecule has 1 aromatic carbocycles. The monoisotopic (exact) mass is 330 g/mol. The van der Waals surface area contributed by atoms with E-state index in [2.05, 4.69) is 11.4 Å². The lowest BCUT2D eigenvalue weighted by molar-refractivity contribution is -0.134. The van der Waals surface area contributed by atoms with Gasteiger partial charge in [-0.05, 0) is 36.9 Å². The van der Waals surface area contributed by atoms with Gasteiger partial charge in [-0.3, -0.25) is 4.79 Å². The average Bonchev–Trinajstić information content (AvgIpc) is 3.00. The quantitative estimate of drug-likeness (QED) is 0.842. The molecule has 0 spiro atoms. The van der Waals surface area contributed by atoms with Gasteiger partial charge in [-0.1, -0.05) is 6.07 Å². The van der Waals surface area contributed by atoms with Crippen LogP contribution in [0.15, 0.2) is 23.1 Å². The Morgan fingerprint density at radius 3 is 2.86 bits per heavy atom. The predicted octanol–water partition coefficient (Wildman–Crippen LogP) is 2.41. The number of nitrogens with one attached hydrogen (secondary N) is 1. The molecule has 1 atom stereocenters. The average molecular weight is 331 g/mol. The van der Waals surface area contributed by atoms with E-state index in [4.69, 9.17) is 4.74 Å². The zero-order valence-corrected chi connectivity index (χ0v) is 14.4. The molecule has 0 bridgehead atoms. The van der Waals surface area contributed by atoms with Gasteiger partial charge < -0.3 is 15.0 Å². The lowest BCUT2D eigenvalue weighted by atomic mass is 10.1. The first kappa shape index (κ1) is 18.1. The molecule has 1 heterocycles. The molecule has 1 saturated heterocycles. The number of carbonyl (C=O) groups excluding carboxylic acids is 1. The second kappa shape index (κ2) is 8.51. The van der Waals surface area contributed by atoms with Crippen LogP contribution in [0.1, 0.15) is 12.0 Å². The van der Waals surface area contributed by atoms with Gasteiger partial charge in [0, 0.05) is 25.0 Å². The van der Waals surface area contributed by atoms with Crippen LogP contribution < -0.4 is 10.1 Å². The highest BCUT2D eigenvalue weighted by molar-refractivity contribution is 7.98. The number of halogens is 1. The number of hydrogen-bond acceptors (Lipinski definition) is 4. The summed E-state index contributed by atoms with van der Waals surface area (Å²) in [5.41, 5.74) is 1.10. The number of benzene rings is 1. The minimum Gasteiger partial charge on any atom is -0.496 e. The van der Waals surface area contributed by atoms with Gasteiger partial charge in [0.2, 0.25) is 5.91 Å². The van der Waals surface area contributed by atoms with Gasteiger partial charge in [0.25, 0.3) is 0 Å². The fourth-order valence-electron chi connectivity index (χ4n) is 2.51. The Hall–Kier alpha value is -0.910. The SMILES string of the molecule is COc1cc(CN(C)C(=O)C2CCNC2)ccc1SC.Cl. The molecule has 1 fully saturated rings. The lowest BCUT2D eigenvalue weighted by Crippen LogP contribution is -2.33. The third-order valence-corrected chi connectivity index (χ3v) is 4.43. The van der Waals surface area contributed by atoms with Gasteiger partial charge in [-0.25, -0.2) is 0 Å². The van der Waals surface area contributed by atoms with E-state index in [9.17, 15) is 4.79 Å². The standard InChI is InChI=1S/C15H22N2O2S.ClH/c1-17(15(18)12-6-7-16-9-12)10-11-4-5-14(20-3)13(8-11)19-2;/h4-5,8,12,16H,6-7,9-10H2,1-3H3;1H. The van der Waals surface area contributed by atoms with Gasteiger partial charge in [0.05, 0.1) is 13.0 Å². The molecule has 4 nitrogen and oxygen atoms in total. The minimum absolute atomic E-state index is 0. The molecule has 6 heteroatoms. The molecule has 0 radical (unpaired) electrons. The van der Waals surface area contributed by atoms with Crippen LogP contribution in [0.3, 0.4) is 0 Å². The second-order valence-corrected chi connectivity index (χ2v) is 5.92. The molecular weight excluding hydrogens is 308 g/mol. The first-order chi connectivity index (χ1) is 9.65. The Labute approximate surface area is 137 Å². The zero-order valence-electron chi connectivity index (χ0n) is 12.7. The third kappa shape index (κ3) is 4.53. The molecule has 21 heavy (non-hydrogen) atoms. The molecule has 1 amide bonds. The number of ether oxygens (including phenoxy) is 1. The maximum Gasteiger partial charge on any atom is 0.227 e. The predicted molar refractivity (Wildman–Crippen MR) is 89.5 cm³/mol. The fourth-order valence-corrected chi connectivity index (χ4v) is 3.06. The van der Waals surface area contributed by atoms with Crippen molar-refractivity contribution in [2.24, 2.45) is 5.92 Å². The van der Waals surface area contributed by atoms with Gasteiger partial charge >= 0.3 is 0 Å². The number of nitrogens with zero attached hydrogens (tertiary/aromatic N) is 1. The lowest BCUT2D eigenvalue weighted by Gasteiger charge is -2.21. The van der Waals surface area contributed by atoms with Gasteiger partial charge in [0.1, 0.15) is 5.75 Å². The molecule has 118 valence electrons. The van der Waals surface area contributed by atoms with E-state index in [-0.39, 0.29) is 24.2 Å². The summed E-state index contributed by atoms with van der Waals surface area (Å²) in [4.78, 5) is 15.2. The van der Waals surface area contributed by atoms with Crippen LogP contribution in [-0.2, 0) is 11.3 Å². The summed E-state index contributed by atoms with van der Waals surface area (Å²) >= 11 is 1.66. The number of carbonyl (C=O) groups is 1. The first-order valence-corrected chi connectivity index (χ1v) is 8.04. The highest BCUT2D eigenvalue weighted by atomic mass is 35.5. The molecule has 1 aliphatic rings. The summed E-state index contributed by atoms with van der Waals surface area (Å²) in [5.74, 6) is 1.23. The van der Waals surface area contributed by atoms with Crippen molar-refractivity contribution in [2.45, 2.75) is 17.9 Å². The van der Waals surface area contributed by atoms with Crippen molar-refractivity contribution in [3.8, 4) is 5.75 Å². The van der Waals surface area contributed by atoms with E-state index in [0.29, 0.717) is 6.54 Å². The number of rotatable bonds is 5. The largest absolute Gasteiger partial charge is 0.496 e. The van der Waals surface area contributed by atoms with Crippen molar-refractivity contribution >= 4 is 30.1 Å². The second-order valence-electron chi connectivity index (χ2n) is 5.07. The summed E-state index contributed by atoms with van der Waals surface area (Å²) in [6.45, 7) is 2.37. The van der Waals surface area contributed by atoms with Crippen LogP contribution in [0, 0.1) is 5.92 Å². The fraction of sp³-hybridized carbons (Fsp3) is 0.533. The number of amides is 1. The molecule has 1 aromatic rings. The Balaban J connectivity index is 0.00000220. The first-order valence-electron chi connectivity index (χ1n) is 6.82. The van der Waals surface area contributed by atoms with E-state index >= 15 is 0 Å². The minimum atomic E-state index is 0. The molecule has 2 rings (SSSR count). The summed E-state index contributed by atoms with van der Waals surface area (Å²) < 4.78 is 5.38. The van der Waals surface area contributed by atoms with Crippen LogP contribution in [0.5, 0.6) is 5.75 Å². The van der Waals surface area contributed by atoms with Crippen molar-refractivity contribution in [3.05, 3.63) is 23.8 Å². The molecule has 1 aliphatic heterocycles. The summed E-state index contributed by atoms with van der Waals surface area (Å²) in [6, 6.07) is 6.13. The number of thioether (sulfide) groups is 1. The van der Waals surface area contributed by atoms with Crippen LogP contribution in [-0.4, -0.2) is 44.3 Å². The van der Waals surface area contributed by atoms with Crippen molar-refractivity contribution < 1.29 is 9.53 Å². The molecular formula is C15H23ClN2O2S. The van der Waals surface area contributed by atoms with Gasteiger partial charge in [0.15, 0.2) is 0 Å². The maximum atomic E-state index is 12.3. The summed E-state index contributed by atoms with van der Waals surface area (Å²) in [7, 11) is 3.55. The Kier molecular flexibility index (Phi) is 7.35. The molecule has 1 N–H and O–H groups in total. The van der Waals surface area contributed by atoms with E-state index < -0.39 is 0 Å². The van der Waals surface area contributed by atoms with Crippen molar-refractivity contribution in [1.82, 2.24) is 10.2 Å². The smallest absolute Gasteiger partial charge is 0.227 e. The zero-order chi connectivity index (χ0) is 14.5. The van der Waals surface area contributed by atoms with Crippen molar-refractivity contribution in [2.75, 3.05) is 33.5 Å². The van der Waals surface area contributed by atoms with Crippen LogP contribution >= 0.6 is 24.2 Å². The van der Waals surface area contributed by atoms with Crippen molar-refractivity contribution in [3.63, 3.8) is 0 Å². The normalized spacial score (nSPS) is 17.2. The van der Waals surface area contributed by atoms with Gasteiger partial charge in [-0.15, -0.1) is 24.2 Å². The van der Waals surface area contributed by atoms with Crippen LogP contribution in [0.25, 0.3) is 0 Å². The Morgan fingerprint density at radius 1 is 1.52 bits per heavy atom. The van der Waals surface area contributed by atoms with E-state index in [1.807, 2.05) is 30.3 Å². The maximum absolute atomic E-state index is 12.3. The molecule has 0 saturated carbocycles. The summed E-state index contributed by atoms with van der Waals surface area (Å²) in [6.07, 6.45) is 2.97. The highest BCUT2D eigenvalue weighted by Gasteiger charge is 2.25. The molecule has 0 aromatic heterocycles. The van der Waals surface area contributed by atoms with E-state index in [1.165, 1.54) is 0 Å². The van der Waals surface area contributed by atoms with E-state index in [1.54, 1.807) is 18.9 Å². The molecule has 1 unspecified atom stereocenters. The van der Waals surface area contributed by atoms with Crippen LogP contribution in [0.2, 0.25) is 0 Å². The Morgan fingerprint density at radius 2 is 2.29 bits per heavy atom. The summed E-state index contributed by atoms with van der Waals surface area (Å²) in [5, 5.41) is 3.24. The van der Waals surface area contributed by atoms with Crippen molar-refractivity contribution in [1.29, 1.82) is 0 Å². The highest BCUT2D eigenvalue weighted by Crippen LogP contribution is 2.28. The van der Waals surface area contributed by atoms with E-state index in [0.717, 1.165) is 35.7 Å². The number of hydrogen-bond donors (Lipinski definition) is 1. The van der Waals surface area contributed by atoms with Crippen LogP contribution in [0.4, 0.5) is 0 Å². The third-order valence-electron chi connectivity index (χ3n) is 3.65. The molecule has 0 aliphatic carbocycles. The Bertz CT molecular complexity index is 479. The topological polar surface area (TPSA) is 41.6 Å². The number of methoxy groups -OCH3 is 1. The van der Waals surface area contributed by atoms with Gasteiger partial charge in [-0.2, -0.15) is 0 Å².